The van der Waals surface area contributed by atoms with Gasteiger partial charge in [0.15, 0.2) is 0 Å². The van der Waals surface area contributed by atoms with Gasteiger partial charge in [-0.25, -0.2) is 0 Å². The Hall–Kier alpha value is -2.23. The molecular weight excluding hydrogens is 340 g/mol. The van der Waals surface area contributed by atoms with Crippen molar-refractivity contribution in [2.24, 2.45) is 17.3 Å². The number of benzene rings is 1. The predicted octanol–water partition coefficient (Wildman–Crippen LogP) is 4.90. The molecule has 2 aliphatic carbocycles. The third kappa shape index (κ3) is 3.76. The van der Waals surface area contributed by atoms with Gasteiger partial charge in [-0.15, -0.1) is 0 Å². The summed E-state index contributed by atoms with van der Waals surface area (Å²) >= 11 is 0. The maximum Gasteiger partial charge on any atom is 0.316 e. The van der Waals surface area contributed by atoms with Gasteiger partial charge in [0.25, 0.3) is 0 Å². The van der Waals surface area contributed by atoms with Crippen LogP contribution in [0.5, 0.6) is 11.5 Å². The first-order valence-corrected chi connectivity index (χ1v) is 9.61. The predicted molar refractivity (Wildman–Crippen MR) is 106 cm³/mol. The molecule has 2 aliphatic rings. The maximum atomic E-state index is 12.3. The van der Waals surface area contributed by atoms with Crippen LogP contribution in [0.1, 0.15) is 44.6 Å². The summed E-state index contributed by atoms with van der Waals surface area (Å²) in [7, 11) is 4.83. The molecule has 0 aliphatic heterocycles. The zero-order valence-corrected chi connectivity index (χ0v) is 17.0. The number of fused-ring (bicyclic) bond motifs is 1. The molecule has 0 saturated heterocycles. The summed E-state index contributed by atoms with van der Waals surface area (Å²) in [5.41, 5.74) is 2.52. The first-order valence-electron chi connectivity index (χ1n) is 9.61. The van der Waals surface area contributed by atoms with Crippen LogP contribution in [0.25, 0.3) is 0 Å². The van der Waals surface area contributed by atoms with Crippen LogP contribution < -0.4 is 9.47 Å². The molecule has 0 N–H and O–H groups in total. The summed E-state index contributed by atoms with van der Waals surface area (Å²) in [5.74, 6) is 1.58. The molecule has 1 fully saturated rings. The Morgan fingerprint density at radius 3 is 2.56 bits per heavy atom. The zero-order valence-electron chi connectivity index (χ0n) is 17.0. The van der Waals surface area contributed by atoms with Gasteiger partial charge in [0.05, 0.1) is 27.2 Å². The third-order valence-corrected chi connectivity index (χ3v) is 6.09. The van der Waals surface area contributed by atoms with Crippen molar-refractivity contribution < 1.29 is 19.0 Å². The van der Waals surface area contributed by atoms with E-state index in [1.165, 1.54) is 19.1 Å². The van der Waals surface area contributed by atoms with E-state index in [1.807, 2.05) is 18.2 Å². The fourth-order valence-electron chi connectivity index (χ4n) is 4.61. The Bertz CT molecular complexity index is 760. The molecule has 3 rings (SSSR count). The normalized spacial score (nSPS) is 26.4. The van der Waals surface area contributed by atoms with E-state index in [0.717, 1.165) is 29.9 Å². The van der Waals surface area contributed by atoms with Gasteiger partial charge in [-0.2, -0.15) is 0 Å². The van der Waals surface area contributed by atoms with Gasteiger partial charge < -0.3 is 14.2 Å². The molecule has 3 atom stereocenters. The first-order chi connectivity index (χ1) is 12.9. The van der Waals surface area contributed by atoms with E-state index >= 15 is 0 Å². The molecule has 1 saturated carbocycles. The summed E-state index contributed by atoms with van der Waals surface area (Å²) in [6.07, 6.45) is 9.68. The lowest BCUT2D eigenvalue weighted by Gasteiger charge is -2.41. The summed E-state index contributed by atoms with van der Waals surface area (Å²) in [5, 5.41) is 0. The SMILES string of the molecule is COC(=O)[C@@H]1C=C[C@H](c2cc(OC)ccc2OC)[C@@H]2CCCC(C)(C)C2=C1. The second-order valence-corrected chi connectivity index (χ2v) is 8.07. The minimum atomic E-state index is -0.341. The molecule has 4 heteroatoms. The number of hydrogen-bond donors (Lipinski definition) is 0. The number of esters is 1. The Kier molecular flexibility index (Phi) is 5.64. The van der Waals surface area contributed by atoms with Gasteiger partial charge in [-0.3, -0.25) is 4.79 Å². The second-order valence-electron chi connectivity index (χ2n) is 8.07. The molecule has 0 bridgehead atoms. The molecule has 1 aromatic carbocycles. The van der Waals surface area contributed by atoms with Gasteiger partial charge in [0, 0.05) is 11.5 Å². The highest BCUT2D eigenvalue weighted by Gasteiger charge is 2.40. The molecule has 146 valence electrons. The molecular formula is C23H30O4. The smallest absolute Gasteiger partial charge is 0.316 e. The fourth-order valence-corrected chi connectivity index (χ4v) is 4.61. The van der Waals surface area contributed by atoms with Crippen LogP contribution in [0.3, 0.4) is 0 Å². The minimum Gasteiger partial charge on any atom is -0.497 e. The van der Waals surface area contributed by atoms with Crippen molar-refractivity contribution in [3.05, 3.63) is 47.6 Å². The van der Waals surface area contributed by atoms with Gasteiger partial charge in [-0.05, 0) is 42.4 Å². The van der Waals surface area contributed by atoms with Crippen molar-refractivity contribution in [1.82, 2.24) is 0 Å². The van der Waals surface area contributed by atoms with Crippen LogP contribution in [-0.2, 0) is 9.53 Å². The Balaban J connectivity index is 2.13. The highest BCUT2D eigenvalue weighted by molar-refractivity contribution is 5.77. The molecule has 27 heavy (non-hydrogen) atoms. The summed E-state index contributed by atoms with van der Waals surface area (Å²) < 4.78 is 16.2. The minimum absolute atomic E-state index is 0.0611. The molecule has 0 aromatic heterocycles. The third-order valence-electron chi connectivity index (χ3n) is 6.09. The average molecular weight is 370 g/mol. The largest absolute Gasteiger partial charge is 0.497 e. The molecule has 0 spiro atoms. The molecule has 0 radical (unpaired) electrons. The number of methoxy groups -OCH3 is 3. The van der Waals surface area contributed by atoms with Crippen LogP contribution in [0.4, 0.5) is 0 Å². The standard InChI is InChI=1S/C23H30O4/c1-23(2)12-6-7-18-17(10-8-15(13-20(18)23)22(24)27-5)19-14-16(25-3)9-11-21(19)26-4/h8-11,13-15,17-18H,6-7,12H2,1-5H3/t15-,17+,18+/m1/s1. The van der Waals surface area contributed by atoms with E-state index in [9.17, 15) is 4.79 Å². The highest BCUT2D eigenvalue weighted by Crippen LogP contribution is 2.52. The zero-order chi connectivity index (χ0) is 19.6. The number of hydrogen-bond acceptors (Lipinski definition) is 4. The van der Waals surface area contributed by atoms with E-state index in [-0.39, 0.29) is 23.2 Å². The Morgan fingerprint density at radius 1 is 1.11 bits per heavy atom. The monoisotopic (exact) mass is 370 g/mol. The lowest BCUT2D eigenvalue weighted by Crippen LogP contribution is -2.30. The molecule has 1 aromatic rings. The van der Waals surface area contributed by atoms with Crippen molar-refractivity contribution in [2.75, 3.05) is 21.3 Å². The summed E-state index contributed by atoms with van der Waals surface area (Å²) in [6.45, 7) is 4.56. The maximum absolute atomic E-state index is 12.3. The van der Waals surface area contributed by atoms with Gasteiger partial charge in [0.1, 0.15) is 11.5 Å². The van der Waals surface area contributed by atoms with E-state index in [2.05, 4.69) is 32.1 Å². The van der Waals surface area contributed by atoms with Crippen molar-refractivity contribution in [3.63, 3.8) is 0 Å². The van der Waals surface area contributed by atoms with Crippen LogP contribution >= 0.6 is 0 Å². The van der Waals surface area contributed by atoms with E-state index < -0.39 is 0 Å². The fraction of sp³-hybridized carbons (Fsp3) is 0.522. The quantitative estimate of drug-likeness (QED) is 0.559. The molecule has 0 amide bonds. The van der Waals surface area contributed by atoms with Gasteiger partial charge in [0.2, 0.25) is 0 Å². The van der Waals surface area contributed by atoms with E-state index in [1.54, 1.807) is 14.2 Å². The van der Waals surface area contributed by atoms with Crippen molar-refractivity contribution in [3.8, 4) is 11.5 Å². The molecule has 0 heterocycles. The molecule has 0 unspecified atom stereocenters. The van der Waals surface area contributed by atoms with Crippen molar-refractivity contribution in [2.45, 2.75) is 39.0 Å². The number of carbonyl (C=O) groups is 1. The lowest BCUT2D eigenvalue weighted by atomic mass is 9.63. The second kappa shape index (κ2) is 7.79. The van der Waals surface area contributed by atoms with Crippen LogP contribution in [-0.4, -0.2) is 27.3 Å². The van der Waals surface area contributed by atoms with Crippen LogP contribution in [0.15, 0.2) is 42.0 Å². The van der Waals surface area contributed by atoms with E-state index in [0.29, 0.717) is 5.92 Å². The number of ether oxygens (including phenoxy) is 3. The number of allylic oxidation sites excluding steroid dienone is 2. The van der Waals surface area contributed by atoms with Gasteiger partial charge >= 0.3 is 5.97 Å². The van der Waals surface area contributed by atoms with Crippen molar-refractivity contribution in [1.29, 1.82) is 0 Å². The highest BCUT2D eigenvalue weighted by atomic mass is 16.5. The lowest BCUT2D eigenvalue weighted by molar-refractivity contribution is -0.142. The Labute approximate surface area is 162 Å². The Morgan fingerprint density at radius 2 is 1.89 bits per heavy atom. The van der Waals surface area contributed by atoms with Crippen LogP contribution in [0, 0.1) is 17.3 Å². The van der Waals surface area contributed by atoms with E-state index in [4.69, 9.17) is 14.2 Å². The molecule has 4 nitrogen and oxygen atoms in total. The number of carbonyl (C=O) groups excluding carboxylic acids is 1. The van der Waals surface area contributed by atoms with Crippen LogP contribution in [0.2, 0.25) is 0 Å². The summed E-state index contributed by atoms with van der Waals surface area (Å²) in [6, 6.07) is 5.94. The van der Waals surface area contributed by atoms with Gasteiger partial charge in [-0.1, -0.05) is 44.1 Å². The average Bonchev–Trinajstić information content (AvgIpc) is 2.87. The number of rotatable bonds is 4. The summed E-state index contributed by atoms with van der Waals surface area (Å²) in [4.78, 5) is 12.3. The topological polar surface area (TPSA) is 44.8 Å². The first kappa shape index (κ1) is 19.5. The van der Waals surface area contributed by atoms with Crippen molar-refractivity contribution >= 4 is 5.97 Å².